The number of hydrogen-bond donors (Lipinski definition) is 2. The fourth-order valence-electron chi connectivity index (χ4n) is 2.49. The predicted molar refractivity (Wildman–Crippen MR) is 107 cm³/mol. The predicted octanol–water partition coefficient (Wildman–Crippen LogP) is 4.78. The number of benzene rings is 3. The van der Waals surface area contributed by atoms with Crippen molar-refractivity contribution in [2.75, 3.05) is 5.32 Å². The number of hydrogen-bond acceptors (Lipinski definition) is 2. The first-order valence-corrected chi connectivity index (χ1v) is 8.19. The number of fused-ring (bicyclic) bond motifs is 1. The average molecular weight is 333 g/mol. The number of nitrogens with zero attached hydrogens (tertiary/aromatic N) is 1. The Morgan fingerprint density at radius 2 is 1.75 bits per heavy atom. The summed E-state index contributed by atoms with van der Waals surface area (Å²) >= 11 is 5.30. The van der Waals surface area contributed by atoms with Crippen LogP contribution in [0, 0.1) is 13.8 Å². The van der Waals surface area contributed by atoms with E-state index in [1.54, 1.807) is 6.21 Å². The highest BCUT2D eigenvalue weighted by Gasteiger charge is 2.02. The maximum Gasteiger partial charge on any atom is 0.191 e. The number of anilines is 1. The highest BCUT2D eigenvalue weighted by molar-refractivity contribution is 7.80. The number of nitrogens with one attached hydrogen (secondary N) is 2. The van der Waals surface area contributed by atoms with Crippen LogP contribution in [-0.4, -0.2) is 11.3 Å². The van der Waals surface area contributed by atoms with E-state index in [9.17, 15) is 0 Å². The zero-order valence-electron chi connectivity index (χ0n) is 13.7. The van der Waals surface area contributed by atoms with Gasteiger partial charge in [-0.15, -0.1) is 0 Å². The molecule has 4 heteroatoms. The third kappa shape index (κ3) is 3.78. The van der Waals surface area contributed by atoms with Gasteiger partial charge in [-0.2, -0.15) is 5.10 Å². The standard InChI is InChI=1S/C20H19N3S/c1-14-6-5-9-19(15(14)2)22-20(24)23-21-13-16-10-11-17-7-3-4-8-18(17)12-16/h3-13H,1-2H3,(H2,22,23,24)/b21-13-. The van der Waals surface area contributed by atoms with Crippen molar-refractivity contribution in [1.82, 2.24) is 5.43 Å². The molecule has 0 aromatic heterocycles. The smallest absolute Gasteiger partial charge is 0.191 e. The van der Waals surface area contributed by atoms with E-state index in [4.69, 9.17) is 12.2 Å². The molecular weight excluding hydrogens is 314 g/mol. The second kappa shape index (κ2) is 7.23. The maximum atomic E-state index is 5.30. The van der Waals surface area contributed by atoms with Crippen LogP contribution in [0.15, 0.2) is 65.8 Å². The van der Waals surface area contributed by atoms with Crippen LogP contribution in [0.25, 0.3) is 10.8 Å². The summed E-state index contributed by atoms with van der Waals surface area (Å²) in [5.41, 5.74) is 7.29. The summed E-state index contributed by atoms with van der Waals surface area (Å²) in [6, 6.07) is 20.6. The van der Waals surface area contributed by atoms with Crippen LogP contribution >= 0.6 is 12.2 Å². The van der Waals surface area contributed by atoms with Gasteiger partial charge in [0.1, 0.15) is 0 Å². The van der Waals surface area contributed by atoms with Gasteiger partial charge in [-0.05, 0) is 65.7 Å². The molecule has 0 atom stereocenters. The van der Waals surface area contributed by atoms with Crippen LogP contribution in [0.3, 0.4) is 0 Å². The van der Waals surface area contributed by atoms with Crippen molar-refractivity contribution >= 4 is 40.0 Å². The van der Waals surface area contributed by atoms with Gasteiger partial charge in [0.25, 0.3) is 0 Å². The molecule has 0 aliphatic carbocycles. The first kappa shape index (κ1) is 16.1. The third-order valence-electron chi connectivity index (χ3n) is 4.01. The average Bonchev–Trinajstić information content (AvgIpc) is 2.59. The Morgan fingerprint density at radius 1 is 0.958 bits per heavy atom. The van der Waals surface area contributed by atoms with Crippen molar-refractivity contribution in [1.29, 1.82) is 0 Å². The molecule has 0 aliphatic heterocycles. The molecule has 3 rings (SSSR count). The highest BCUT2D eigenvalue weighted by Crippen LogP contribution is 2.17. The summed E-state index contributed by atoms with van der Waals surface area (Å²) in [6.07, 6.45) is 1.77. The van der Waals surface area contributed by atoms with Gasteiger partial charge in [0.15, 0.2) is 5.11 Å². The fourth-order valence-corrected chi connectivity index (χ4v) is 2.65. The van der Waals surface area contributed by atoms with Gasteiger partial charge in [-0.1, -0.05) is 48.5 Å². The molecule has 0 unspecified atom stereocenters. The molecule has 3 aromatic rings. The normalized spacial score (nSPS) is 10.9. The first-order chi connectivity index (χ1) is 11.6. The summed E-state index contributed by atoms with van der Waals surface area (Å²) in [5.74, 6) is 0. The summed E-state index contributed by atoms with van der Waals surface area (Å²) in [5, 5.41) is 10.3. The minimum Gasteiger partial charge on any atom is -0.331 e. The molecule has 120 valence electrons. The lowest BCUT2D eigenvalue weighted by Crippen LogP contribution is -2.24. The van der Waals surface area contributed by atoms with Crippen molar-refractivity contribution in [3.05, 3.63) is 77.4 Å². The molecule has 0 fully saturated rings. The Balaban J connectivity index is 1.64. The van der Waals surface area contributed by atoms with Crippen LogP contribution in [0.2, 0.25) is 0 Å². The van der Waals surface area contributed by atoms with E-state index in [1.807, 2.05) is 30.3 Å². The molecule has 0 saturated carbocycles. The second-order valence-electron chi connectivity index (χ2n) is 5.68. The largest absolute Gasteiger partial charge is 0.331 e. The monoisotopic (exact) mass is 333 g/mol. The molecular formula is C20H19N3S. The second-order valence-corrected chi connectivity index (χ2v) is 6.09. The lowest BCUT2D eigenvalue weighted by Gasteiger charge is -2.11. The molecule has 0 spiro atoms. The van der Waals surface area contributed by atoms with E-state index in [0.717, 1.165) is 11.3 Å². The Bertz CT molecular complexity index is 916. The zero-order chi connectivity index (χ0) is 16.9. The van der Waals surface area contributed by atoms with Crippen LogP contribution in [0.4, 0.5) is 5.69 Å². The maximum absolute atomic E-state index is 5.30. The van der Waals surface area contributed by atoms with Crippen molar-refractivity contribution in [2.45, 2.75) is 13.8 Å². The molecule has 0 amide bonds. The molecule has 0 bridgehead atoms. The van der Waals surface area contributed by atoms with Crippen molar-refractivity contribution in [3.63, 3.8) is 0 Å². The van der Waals surface area contributed by atoms with E-state index >= 15 is 0 Å². The van der Waals surface area contributed by atoms with Crippen LogP contribution in [0.1, 0.15) is 16.7 Å². The third-order valence-corrected chi connectivity index (χ3v) is 4.20. The highest BCUT2D eigenvalue weighted by atomic mass is 32.1. The number of rotatable bonds is 3. The van der Waals surface area contributed by atoms with Gasteiger partial charge in [0.05, 0.1) is 6.21 Å². The molecule has 0 radical (unpaired) electrons. The van der Waals surface area contributed by atoms with Gasteiger partial charge in [0.2, 0.25) is 0 Å². The van der Waals surface area contributed by atoms with E-state index in [-0.39, 0.29) is 0 Å². The summed E-state index contributed by atoms with van der Waals surface area (Å²) < 4.78 is 0. The summed E-state index contributed by atoms with van der Waals surface area (Å²) in [6.45, 7) is 4.15. The Kier molecular flexibility index (Phi) is 4.87. The minimum atomic E-state index is 0.473. The molecule has 24 heavy (non-hydrogen) atoms. The fraction of sp³-hybridized carbons (Fsp3) is 0.100. The molecule has 0 heterocycles. The van der Waals surface area contributed by atoms with E-state index in [2.05, 4.69) is 60.0 Å². The lowest BCUT2D eigenvalue weighted by atomic mass is 10.1. The van der Waals surface area contributed by atoms with Crippen molar-refractivity contribution in [2.24, 2.45) is 5.10 Å². The molecule has 2 N–H and O–H groups in total. The SMILES string of the molecule is Cc1cccc(NC(=S)N/N=C\c2ccc3ccccc3c2)c1C. The van der Waals surface area contributed by atoms with E-state index in [0.29, 0.717) is 5.11 Å². The molecule has 0 saturated heterocycles. The Morgan fingerprint density at radius 3 is 2.58 bits per heavy atom. The molecule has 3 nitrogen and oxygen atoms in total. The number of hydrazone groups is 1. The van der Waals surface area contributed by atoms with Crippen LogP contribution < -0.4 is 10.7 Å². The van der Waals surface area contributed by atoms with Crippen LogP contribution in [-0.2, 0) is 0 Å². The van der Waals surface area contributed by atoms with E-state index in [1.165, 1.54) is 21.9 Å². The van der Waals surface area contributed by atoms with Gasteiger partial charge in [-0.25, -0.2) is 0 Å². The minimum absolute atomic E-state index is 0.473. The van der Waals surface area contributed by atoms with Gasteiger partial charge in [-0.3, -0.25) is 5.43 Å². The van der Waals surface area contributed by atoms with Crippen molar-refractivity contribution in [3.8, 4) is 0 Å². The zero-order valence-corrected chi connectivity index (χ0v) is 14.5. The first-order valence-electron chi connectivity index (χ1n) is 7.78. The van der Waals surface area contributed by atoms with Crippen LogP contribution in [0.5, 0.6) is 0 Å². The topological polar surface area (TPSA) is 36.4 Å². The quantitative estimate of drug-likeness (QED) is 0.411. The Hall–Kier alpha value is -2.72. The Labute approximate surface area is 147 Å². The van der Waals surface area contributed by atoms with E-state index < -0.39 is 0 Å². The summed E-state index contributed by atoms with van der Waals surface area (Å²) in [7, 11) is 0. The van der Waals surface area contributed by atoms with Gasteiger partial charge < -0.3 is 5.32 Å². The molecule has 3 aromatic carbocycles. The van der Waals surface area contributed by atoms with Crippen molar-refractivity contribution < 1.29 is 0 Å². The van der Waals surface area contributed by atoms with Gasteiger partial charge in [0, 0.05) is 5.69 Å². The number of thiocarbonyl (C=S) groups is 1. The van der Waals surface area contributed by atoms with Gasteiger partial charge >= 0.3 is 0 Å². The summed E-state index contributed by atoms with van der Waals surface area (Å²) in [4.78, 5) is 0. The molecule has 0 aliphatic rings. The lowest BCUT2D eigenvalue weighted by molar-refractivity contribution is 1.05. The number of aryl methyl sites for hydroxylation is 1.